The summed E-state index contributed by atoms with van der Waals surface area (Å²) in [6.07, 6.45) is 1.60. The van der Waals surface area contributed by atoms with Gasteiger partial charge in [0.2, 0.25) is 5.91 Å². The second-order valence-electron chi connectivity index (χ2n) is 8.64. The molecule has 35 heavy (non-hydrogen) atoms. The summed E-state index contributed by atoms with van der Waals surface area (Å²) in [7, 11) is 1.66. The number of nitrogens with zero attached hydrogens (tertiary/aromatic N) is 5. The highest BCUT2D eigenvalue weighted by Gasteiger charge is 2.29. The number of amides is 1. The molecule has 180 valence electrons. The van der Waals surface area contributed by atoms with E-state index in [1.54, 1.807) is 13.3 Å². The number of carbonyl (C=O) groups is 1. The quantitative estimate of drug-likeness (QED) is 0.375. The van der Waals surface area contributed by atoms with E-state index in [9.17, 15) is 4.79 Å². The highest BCUT2D eigenvalue weighted by Crippen LogP contribution is 2.19. The molecule has 1 saturated heterocycles. The first-order valence-electron chi connectivity index (χ1n) is 11.5. The summed E-state index contributed by atoms with van der Waals surface area (Å²) in [5.74, 6) is 0.868. The summed E-state index contributed by atoms with van der Waals surface area (Å²) in [5, 5.41) is 0. The zero-order valence-electron chi connectivity index (χ0n) is 19.5. The Morgan fingerprint density at radius 3 is 2.74 bits per heavy atom. The Kier molecular flexibility index (Phi) is 7.27. The van der Waals surface area contributed by atoms with Crippen molar-refractivity contribution in [2.24, 2.45) is 0 Å². The number of fused-ring (bicyclic) bond motifs is 1. The lowest BCUT2D eigenvalue weighted by molar-refractivity contribution is -0.132. The summed E-state index contributed by atoms with van der Waals surface area (Å²) in [6, 6.07) is 19.7. The van der Waals surface area contributed by atoms with Crippen molar-refractivity contribution in [3.05, 3.63) is 83.7 Å². The molecule has 1 aliphatic rings. The van der Waals surface area contributed by atoms with E-state index in [1.165, 1.54) is 11.7 Å². The first-order chi connectivity index (χ1) is 17.2. The molecule has 1 atom stereocenters. The molecule has 1 aliphatic heterocycles. The van der Waals surface area contributed by atoms with E-state index < -0.39 is 0 Å². The third-order valence-corrected chi connectivity index (χ3v) is 6.58. The number of hydrogen-bond acceptors (Lipinski definition) is 8. The van der Waals surface area contributed by atoms with Crippen LogP contribution in [0.25, 0.3) is 11.0 Å². The van der Waals surface area contributed by atoms with Crippen LogP contribution in [0.15, 0.2) is 66.9 Å². The molecule has 9 heteroatoms. The Labute approximate surface area is 208 Å². The van der Waals surface area contributed by atoms with Gasteiger partial charge in [0.1, 0.15) is 16.8 Å². The molecular formula is C26H27N5O3S. The standard InChI is InChI=1S/C26H27N5O3S/c1-33-22-7-4-5-20(11-22)18-34-23-15-30(13-19-8-9-24-25(12-19)29-35-28-24)17-26(32)31(16-23)14-21-6-2-3-10-27-21/h2-12,23H,13-18H2,1H3. The van der Waals surface area contributed by atoms with E-state index in [0.29, 0.717) is 39.3 Å². The Morgan fingerprint density at radius 1 is 0.971 bits per heavy atom. The summed E-state index contributed by atoms with van der Waals surface area (Å²) in [6.45, 7) is 3.00. The molecule has 2 aromatic carbocycles. The van der Waals surface area contributed by atoms with Crippen LogP contribution in [0.2, 0.25) is 0 Å². The molecule has 0 bridgehead atoms. The second-order valence-corrected chi connectivity index (χ2v) is 9.17. The van der Waals surface area contributed by atoms with Crippen molar-refractivity contribution >= 4 is 28.7 Å². The van der Waals surface area contributed by atoms with Crippen molar-refractivity contribution < 1.29 is 14.3 Å². The maximum absolute atomic E-state index is 13.3. The minimum atomic E-state index is -0.152. The van der Waals surface area contributed by atoms with Crippen LogP contribution in [0, 0.1) is 0 Å². The zero-order chi connectivity index (χ0) is 24.0. The van der Waals surface area contributed by atoms with E-state index in [2.05, 4.69) is 24.7 Å². The third kappa shape index (κ3) is 6.00. The van der Waals surface area contributed by atoms with Gasteiger partial charge in [-0.3, -0.25) is 14.7 Å². The van der Waals surface area contributed by atoms with E-state index >= 15 is 0 Å². The molecule has 3 heterocycles. The number of benzene rings is 2. The van der Waals surface area contributed by atoms with Gasteiger partial charge in [0.05, 0.1) is 50.3 Å². The first kappa shape index (κ1) is 23.3. The minimum Gasteiger partial charge on any atom is -0.497 e. The molecule has 1 unspecified atom stereocenters. The average molecular weight is 490 g/mol. The number of rotatable bonds is 8. The molecular weight excluding hydrogens is 462 g/mol. The molecule has 0 N–H and O–H groups in total. The molecule has 8 nitrogen and oxygen atoms in total. The van der Waals surface area contributed by atoms with Gasteiger partial charge in [-0.15, -0.1) is 0 Å². The van der Waals surface area contributed by atoms with Crippen LogP contribution in [0.3, 0.4) is 0 Å². The highest BCUT2D eigenvalue weighted by molar-refractivity contribution is 7.00. The van der Waals surface area contributed by atoms with E-state index in [1.807, 2.05) is 59.5 Å². The average Bonchev–Trinajstić information content (AvgIpc) is 3.29. The van der Waals surface area contributed by atoms with Gasteiger partial charge in [-0.25, -0.2) is 0 Å². The maximum atomic E-state index is 13.3. The molecule has 0 aliphatic carbocycles. The molecule has 2 aromatic heterocycles. The number of carbonyl (C=O) groups excluding carboxylic acids is 1. The Morgan fingerprint density at radius 2 is 1.89 bits per heavy atom. The van der Waals surface area contributed by atoms with Crippen molar-refractivity contribution in [3.63, 3.8) is 0 Å². The normalized spacial score (nSPS) is 17.0. The van der Waals surface area contributed by atoms with Crippen LogP contribution in [0.1, 0.15) is 16.8 Å². The van der Waals surface area contributed by atoms with Gasteiger partial charge >= 0.3 is 0 Å². The summed E-state index contributed by atoms with van der Waals surface area (Å²) in [4.78, 5) is 21.7. The van der Waals surface area contributed by atoms with Gasteiger partial charge in [-0.05, 0) is 47.5 Å². The van der Waals surface area contributed by atoms with Gasteiger partial charge in [-0.2, -0.15) is 8.75 Å². The van der Waals surface area contributed by atoms with Gasteiger partial charge < -0.3 is 14.4 Å². The first-order valence-corrected chi connectivity index (χ1v) is 12.2. The second kappa shape index (κ2) is 10.9. The van der Waals surface area contributed by atoms with Gasteiger partial charge in [0, 0.05) is 25.8 Å². The monoisotopic (exact) mass is 489 g/mol. The van der Waals surface area contributed by atoms with Crippen LogP contribution in [-0.2, 0) is 29.2 Å². The fourth-order valence-corrected chi connectivity index (χ4v) is 4.79. The molecule has 0 radical (unpaired) electrons. The maximum Gasteiger partial charge on any atom is 0.237 e. The lowest BCUT2D eigenvalue weighted by Gasteiger charge is -2.25. The number of methoxy groups -OCH3 is 1. The van der Waals surface area contributed by atoms with Gasteiger partial charge in [0.15, 0.2) is 0 Å². The lowest BCUT2D eigenvalue weighted by Crippen LogP contribution is -2.37. The van der Waals surface area contributed by atoms with E-state index in [4.69, 9.17) is 9.47 Å². The van der Waals surface area contributed by atoms with Crippen molar-refractivity contribution in [2.75, 3.05) is 26.7 Å². The fraction of sp³-hybridized carbons (Fsp3) is 0.308. The smallest absolute Gasteiger partial charge is 0.237 e. The molecule has 4 aromatic rings. The largest absolute Gasteiger partial charge is 0.497 e. The topological polar surface area (TPSA) is 80.7 Å². The minimum absolute atomic E-state index is 0.0690. The summed E-state index contributed by atoms with van der Waals surface area (Å²) < 4.78 is 20.3. The highest BCUT2D eigenvalue weighted by atomic mass is 32.1. The van der Waals surface area contributed by atoms with E-state index in [-0.39, 0.29) is 12.0 Å². The SMILES string of the molecule is COc1cccc(COC2CN(Cc3ccc4nsnc4c3)CC(=O)N(Cc3ccccn3)C2)c1. The molecule has 0 spiro atoms. The lowest BCUT2D eigenvalue weighted by atomic mass is 10.2. The van der Waals surface area contributed by atoms with Crippen LogP contribution < -0.4 is 4.74 Å². The molecule has 1 fully saturated rings. The molecule has 5 rings (SSSR count). The molecule has 1 amide bonds. The number of pyridine rings is 1. The van der Waals surface area contributed by atoms with Crippen LogP contribution in [0.5, 0.6) is 5.75 Å². The van der Waals surface area contributed by atoms with Crippen molar-refractivity contribution in [2.45, 2.75) is 25.8 Å². The zero-order valence-corrected chi connectivity index (χ0v) is 20.4. The number of hydrogen-bond donors (Lipinski definition) is 0. The predicted molar refractivity (Wildman–Crippen MR) is 134 cm³/mol. The van der Waals surface area contributed by atoms with Crippen molar-refractivity contribution in [3.8, 4) is 5.75 Å². The van der Waals surface area contributed by atoms with Gasteiger partial charge in [0.25, 0.3) is 0 Å². The summed E-state index contributed by atoms with van der Waals surface area (Å²) >= 11 is 1.21. The third-order valence-electron chi connectivity index (χ3n) is 6.02. The van der Waals surface area contributed by atoms with Gasteiger partial charge in [-0.1, -0.05) is 24.3 Å². The van der Waals surface area contributed by atoms with Crippen LogP contribution in [-0.4, -0.2) is 62.3 Å². The molecule has 0 saturated carbocycles. The predicted octanol–water partition coefficient (Wildman–Crippen LogP) is 3.52. The van der Waals surface area contributed by atoms with Crippen LogP contribution >= 0.6 is 11.7 Å². The number of aromatic nitrogens is 3. The van der Waals surface area contributed by atoms with Crippen LogP contribution in [0.4, 0.5) is 0 Å². The van der Waals surface area contributed by atoms with Crippen molar-refractivity contribution in [1.29, 1.82) is 0 Å². The van der Waals surface area contributed by atoms with Crippen molar-refractivity contribution in [1.82, 2.24) is 23.5 Å². The Balaban J connectivity index is 1.33. The fourth-order valence-electron chi connectivity index (χ4n) is 4.28. The van der Waals surface area contributed by atoms with E-state index in [0.717, 1.165) is 33.6 Å². The Hall–Kier alpha value is -3.40. The Bertz CT molecular complexity index is 1280. The summed E-state index contributed by atoms with van der Waals surface area (Å²) in [5.41, 5.74) is 4.78. The number of ether oxygens (including phenoxy) is 2.